The standard InChI is InChI=1S/C22H20N4O3/c1-13(2)26-21(14-4-7-16(27-3)8-5-14)25-20-19(23-11-24-22(20)26)15-6-9-17-18(10-15)29-12-28-17/h4-11,13H,12H2,1-3H3. The molecule has 0 saturated carbocycles. The molecule has 7 heteroatoms. The molecule has 2 aromatic heterocycles. The predicted octanol–water partition coefficient (Wildman–Crippen LogP) is 4.48. The van der Waals surface area contributed by atoms with Gasteiger partial charge >= 0.3 is 0 Å². The van der Waals surface area contributed by atoms with Crippen LogP contribution in [-0.4, -0.2) is 33.4 Å². The maximum Gasteiger partial charge on any atom is 0.231 e. The van der Waals surface area contributed by atoms with Gasteiger partial charge in [-0.25, -0.2) is 15.0 Å². The van der Waals surface area contributed by atoms with Gasteiger partial charge in [0.2, 0.25) is 6.79 Å². The van der Waals surface area contributed by atoms with E-state index in [0.29, 0.717) is 5.75 Å². The minimum Gasteiger partial charge on any atom is -0.497 e. The van der Waals surface area contributed by atoms with E-state index in [4.69, 9.17) is 19.2 Å². The van der Waals surface area contributed by atoms with Gasteiger partial charge in [0.05, 0.1) is 7.11 Å². The van der Waals surface area contributed by atoms with Crippen LogP contribution in [0.2, 0.25) is 0 Å². The van der Waals surface area contributed by atoms with Crippen molar-refractivity contribution in [2.24, 2.45) is 0 Å². The van der Waals surface area contributed by atoms with Gasteiger partial charge in [-0.3, -0.25) is 0 Å². The van der Waals surface area contributed by atoms with Crippen LogP contribution in [0.5, 0.6) is 17.2 Å². The van der Waals surface area contributed by atoms with Crippen LogP contribution in [0, 0.1) is 0 Å². The lowest BCUT2D eigenvalue weighted by Gasteiger charge is -2.12. The molecule has 0 aliphatic carbocycles. The first-order chi connectivity index (χ1) is 14.2. The maximum absolute atomic E-state index is 5.53. The summed E-state index contributed by atoms with van der Waals surface area (Å²) in [7, 11) is 1.66. The number of methoxy groups -OCH3 is 1. The van der Waals surface area contributed by atoms with Crippen molar-refractivity contribution in [2.45, 2.75) is 19.9 Å². The van der Waals surface area contributed by atoms with E-state index in [2.05, 4.69) is 28.4 Å². The smallest absolute Gasteiger partial charge is 0.231 e. The van der Waals surface area contributed by atoms with Crippen molar-refractivity contribution in [1.29, 1.82) is 0 Å². The summed E-state index contributed by atoms with van der Waals surface area (Å²) in [4.78, 5) is 14.0. The van der Waals surface area contributed by atoms with E-state index in [9.17, 15) is 0 Å². The number of hydrogen-bond donors (Lipinski definition) is 0. The first-order valence-electron chi connectivity index (χ1n) is 9.43. The Morgan fingerprint density at radius 3 is 2.48 bits per heavy atom. The van der Waals surface area contributed by atoms with Gasteiger partial charge in [-0.1, -0.05) is 0 Å². The van der Waals surface area contributed by atoms with Crippen LogP contribution in [0.3, 0.4) is 0 Å². The average molecular weight is 388 g/mol. The van der Waals surface area contributed by atoms with E-state index in [0.717, 1.165) is 45.3 Å². The van der Waals surface area contributed by atoms with Crippen molar-refractivity contribution in [2.75, 3.05) is 13.9 Å². The minimum atomic E-state index is 0.177. The van der Waals surface area contributed by atoms with Crippen LogP contribution in [0.15, 0.2) is 48.8 Å². The fraction of sp³-hybridized carbons (Fsp3) is 0.227. The first-order valence-corrected chi connectivity index (χ1v) is 9.43. The number of ether oxygens (including phenoxy) is 3. The highest BCUT2D eigenvalue weighted by atomic mass is 16.7. The molecule has 0 radical (unpaired) electrons. The number of fused-ring (bicyclic) bond motifs is 2. The van der Waals surface area contributed by atoms with Crippen LogP contribution >= 0.6 is 0 Å². The molecular formula is C22H20N4O3. The third-order valence-corrected chi connectivity index (χ3v) is 4.99. The van der Waals surface area contributed by atoms with E-state index >= 15 is 0 Å². The van der Waals surface area contributed by atoms with Crippen molar-refractivity contribution in [3.8, 4) is 39.9 Å². The lowest BCUT2D eigenvalue weighted by molar-refractivity contribution is 0.174. The van der Waals surface area contributed by atoms with E-state index in [1.807, 2.05) is 42.5 Å². The van der Waals surface area contributed by atoms with Crippen LogP contribution in [0.1, 0.15) is 19.9 Å². The molecule has 0 amide bonds. The Balaban J connectivity index is 1.71. The van der Waals surface area contributed by atoms with Gasteiger partial charge in [-0.2, -0.15) is 0 Å². The van der Waals surface area contributed by atoms with Crippen LogP contribution < -0.4 is 14.2 Å². The molecule has 7 nitrogen and oxygen atoms in total. The molecule has 0 unspecified atom stereocenters. The van der Waals surface area contributed by atoms with Crippen LogP contribution in [0.4, 0.5) is 0 Å². The molecule has 4 aromatic rings. The Hall–Kier alpha value is -3.61. The Morgan fingerprint density at radius 1 is 0.966 bits per heavy atom. The molecule has 0 spiro atoms. The molecule has 5 rings (SSSR count). The summed E-state index contributed by atoms with van der Waals surface area (Å²) in [6.07, 6.45) is 1.58. The molecule has 0 fully saturated rings. The van der Waals surface area contributed by atoms with Gasteiger partial charge in [-0.15, -0.1) is 0 Å². The summed E-state index contributed by atoms with van der Waals surface area (Å²) in [5.74, 6) is 3.11. The molecule has 0 N–H and O–H groups in total. The van der Waals surface area contributed by atoms with Crippen molar-refractivity contribution < 1.29 is 14.2 Å². The summed E-state index contributed by atoms with van der Waals surface area (Å²) in [5, 5.41) is 0. The van der Waals surface area contributed by atoms with Crippen molar-refractivity contribution in [3.05, 3.63) is 48.8 Å². The molecule has 0 saturated heterocycles. The van der Waals surface area contributed by atoms with Gasteiger partial charge < -0.3 is 18.8 Å². The lowest BCUT2D eigenvalue weighted by atomic mass is 10.1. The zero-order valence-corrected chi connectivity index (χ0v) is 16.4. The molecule has 1 aliphatic rings. The Labute approximate surface area is 167 Å². The predicted molar refractivity (Wildman–Crippen MR) is 109 cm³/mol. The summed E-state index contributed by atoms with van der Waals surface area (Å²) >= 11 is 0. The number of hydrogen-bond acceptors (Lipinski definition) is 6. The van der Waals surface area contributed by atoms with Gasteiger partial charge in [0.1, 0.15) is 29.1 Å². The van der Waals surface area contributed by atoms with Gasteiger partial charge in [0, 0.05) is 17.2 Å². The fourth-order valence-corrected chi connectivity index (χ4v) is 3.60. The normalized spacial score (nSPS) is 12.7. The molecule has 3 heterocycles. The number of benzene rings is 2. The summed E-state index contributed by atoms with van der Waals surface area (Å²) in [5.41, 5.74) is 4.23. The zero-order chi connectivity index (χ0) is 20.0. The Kier molecular flexibility index (Phi) is 4.08. The summed E-state index contributed by atoms with van der Waals surface area (Å²) in [6.45, 7) is 4.48. The highest BCUT2D eigenvalue weighted by Crippen LogP contribution is 2.38. The minimum absolute atomic E-state index is 0.177. The van der Waals surface area contributed by atoms with E-state index in [1.54, 1.807) is 13.4 Å². The van der Waals surface area contributed by atoms with E-state index in [-0.39, 0.29) is 12.8 Å². The zero-order valence-electron chi connectivity index (χ0n) is 16.4. The van der Waals surface area contributed by atoms with E-state index in [1.165, 1.54) is 0 Å². The molecule has 146 valence electrons. The molecular weight excluding hydrogens is 368 g/mol. The second-order valence-electron chi connectivity index (χ2n) is 7.09. The summed E-state index contributed by atoms with van der Waals surface area (Å²) in [6, 6.07) is 13.9. The van der Waals surface area contributed by atoms with E-state index < -0.39 is 0 Å². The third kappa shape index (κ3) is 2.86. The largest absolute Gasteiger partial charge is 0.497 e. The molecule has 0 atom stereocenters. The number of nitrogens with zero attached hydrogens (tertiary/aromatic N) is 4. The Bertz CT molecular complexity index is 1200. The molecule has 0 bridgehead atoms. The quantitative estimate of drug-likeness (QED) is 0.513. The van der Waals surface area contributed by atoms with Gasteiger partial charge in [0.15, 0.2) is 17.1 Å². The van der Waals surface area contributed by atoms with Crippen molar-refractivity contribution >= 4 is 11.2 Å². The molecule has 2 aromatic carbocycles. The number of aromatic nitrogens is 4. The van der Waals surface area contributed by atoms with Crippen LogP contribution in [-0.2, 0) is 0 Å². The maximum atomic E-state index is 5.53. The van der Waals surface area contributed by atoms with Crippen molar-refractivity contribution in [3.63, 3.8) is 0 Å². The lowest BCUT2D eigenvalue weighted by Crippen LogP contribution is -2.04. The second kappa shape index (κ2) is 6.77. The highest BCUT2D eigenvalue weighted by Gasteiger charge is 2.21. The number of imidazole rings is 1. The first kappa shape index (κ1) is 17.5. The monoisotopic (exact) mass is 388 g/mol. The van der Waals surface area contributed by atoms with Crippen molar-refractivity contribution in [1.82, 2.24) is 19.5 Å². The van der Waals surface area contributed by atoms with Gasteiger partial charge in [0.25, 0.3) is 0 Å². The highest BCUT2D eigenvalue weighted by molar-refractivity contribution is 5.90. The molecule has 29 heavy (non-hydrogen) atoms. The SMILES string of the molecule is COc1ccc(-c2nc3c(-c4ccc5c(c4)OCO5)ncnc3n2C(C)C)cc1. The van der Waals surface area contributed by atoms with Crippen LogP contribution in [0.25, 0.3) is 33.8 Å². The average Bonchev–Trinajstić information content (AvgIpc) is 3.37. The number of rotatable bonds is 4. The summed E-state index contributed by atoms with van der Waals surface area (Å²) < 4.78 is 18.4. The third-order valence-electron chi connectivity index (χ3n) is 4.99. The van der Waals surface area contributed by atoms with Gasteiger partial charge in [-0.05, 0) is 56.3 Å². The molecule has 1 aliphatic heterocycles. The fourth-order valence-electron chi connectivity index (χ4n) is 3.60. The second-order valence-corrected chi connectivity index (χ2v) is 7.09. The Morgan fingerprint density at radius 2 is 1.72 bits per heavy atom. The topological polar surface area (TPSA) is 71.3 Å².